The molecule has 1 aliphatic carbocycles. The third kappa shape index (κ3) is 4.65. The van der Waals surface area contributed by atoms with E-state index >= 15 is 0 Å². The lowest BCUT2D eigenvalue weighted by Gasteiger charge is -2.28. The maximum absolute atomic E-state index is 13.3. The van der Waals surface area contributed by atoms with Crippen molar-refractivity contribution in [3.63, 3.8) is 0 Å². The molecule has 1 saturated carbocycles. The topological polar surface area (TPSA) is 85.8 Å². The van der Waals surface area contributed by atoms with Crippen LogP contribution in [0, 0.1) is 0 Å². The number of hydrogen-bond donors (Lipinski definition) is 1. The highest BCUT2D eigenvalue weighted by molar-refractivity contribution is 5.87. The molecule has 0 saturated heterocycles. The molecule has 7 heteroatoms. The second kappa shape index (κ2) is 7.87. The van der Waals surface area contributed by atoms with Crippen LogP contribution in [0.5, 0.6) is 0 Å². The van der Waals surface area contributed by atoms with Crippen LogP contribution in [-0.2, 0) is 11.3 Å². The Kier molecular flexibility index (Phi) is 5.37. The van der Waals surface area contributed by atoms with E-state index in [0.29, 0.717) is 24.0 Å². The number of carbonyl (C=O) groups excluding carboxylic acids is 1. The summed E-state index contributed by atoms with van der Waals surface area (Å²) >= 11 is 0. The summed E-state index contributed by atoms with van der Waals surface area (Å²) in [5.41, 5.74) is 9.81. The number of nitrogen functional groups attached to an aromatic ring is 1. The fourth-order valence-corrected chi connectivity index (χ4v) is 3.60. The summed E-state index contributed by atoms with van der Waals surface area (Å²) in [5.74, 6) is 1.37. The number of nitrogens with two attached hydrogens (primary N) is 1. The minimum Gasteiger partial charge on any atom is -0.443 e. The second-order valence-corrected chi connectivity index (χ2v) is 9.62. The SMILES string of the molecule is CC(C)c1cnn2c(N(Cc3cccc(N)c3)C(=O)OC(C)(C)C)cc(C3CC3)nc12. The molecular formula is C24H31N5O2. The summed E-state index contributed by atoms with van der Waals surface area (Å²) in [5, 5.41) is 4.60. The van der Waals surface area contributed by atoms with Gasteiger partial charge in [0.2, 0.25) is 0 Å². The van der Waals surface area contributed by atoms with Crippen LogP contribution >= 0.6 is 0 Å². The number of amides is 1. The smallest absolute Gasteiger partial charge is 0.416 e. The molecule has 1 aliphatic rings. The molecule has 0 unspecified atom stereocenters. The van der Waals surface area contributed by atoms with Crippen molar-refractivity contribution < 1.29 is 9.53 Å². The minimum atomic E-state index is -0.621. The number of rotatable bonds is 5. The van der Waals surface area contributed by atoms with E-state index in [1.54, 1.807) is 9.42 Å². The van der Waals surface area contributed by atoms with E-state index in [0.717, 1.165) is 35.3 Å². The Morgan fingerprint density at radius 1 is 1.29 bits per heavy atom. The average molecular weight is 422 g/mol. The molecule has 0 bridgehead atoms. The van der Waals surface area contributed by atoms with E-state index in [2.05, 4.69) is 18.9 Å². The van der Waals surface area contributed by atoms with Crippen molar-refractivity contribution in [2.75, 3.05) is 10.6 Å². The molecule has 4 rings (SSSR count). The number of benzene rings is 1. The minimum absolute atomic E-state index is 0.274. The van der Waals surface area contributed by atoms with Gasteiger partial charge in [-0.2, -0.15) is 9.61 Å². The molecular weight excluding hydrogens is 390 g/mol. The Hall–Kier alpha value is -3.09. The normalized spacial score (nSPS) is 14.3. The molecule has 1 amide bonds. The van der Waals surface area contributed by atoms with Crippen LogP contribution in [-0.4, -0.2) is 26.3 Å². The molecule has 3 aromatic rings. The summed E-state index contributed by atoms with van der Waals surface area (Å²) in [6.45, 7) is 10.2. The highest BCUT2D eigenvalue weighted by atomic mass is 16.6. The number of nitrogens with zero attached hydrogens (tertiary/aromatic N) is 4. The van der Waals surface area contributed by atoms with Gasteiger partial charge >= 0.3 is 6.09 Å². The van der Waals surface area contributed by atoms with Gasteiger partial charge in [-0.15, -0.1) is 0 Å². The highest BCUT2D eigenvalue weighted by Gasteiger charge is 2.31. The number of aromatic nitrogens is 3. The molecule has 1 fully saturated rings. The molecule has 2 aromatic heterocycles. The van der Waals surface area contributed by atoms with Crippen molar-refractivity contribution in [3.05, 3.63) is 53.3 Å². The van der Waals surface area contributed by atoms with Crippen molar-refractivity contribution in [1.82, 2.24) is 14.6 Å². The zero-order valence-corrected chi connectivity index (χ0v) is 18.9. The summed E-state index contributed by atoms with van der Waals surface area (Å²) < 4.78 is 7.53. The maximum atomic E-state index is 13.3. The van der Waals surface area contributed by atoms with E-state index in [1.807, 2.05) is 57.3 Å². The van der Waals surface area contributed by atoms with Gasteiger partial charge in [-0.1, -0.05) is 26.0 Å². The van der Waals surface area contributed by atoms with Crippen molar-refractivity contribution in [3.8, 4) is 0 Å². The van der Waals surface area contributed by atoms with Crippen LogP contribution in [0.25, 0.3) is 5.65 Å². The van der Waals surface area contributed by atoms with Gasteiger partial charge in [-0.3, -0.25) is 4.90 Å². The molecule has 0 radical (unpaired) electrons. The second-order valence-electron chi connectivity index (χ2n) is 9.62. The van der Waals surface area contributed by atoms with E-state index in [-0.39, 0.29) is 5.92 Å². The van der Waals surface area contributed by atoms with Crippen LogP contribution < -0.4 is 10.6 Å². The highest BCUT2D eigenvalue weighted by Crippen LogP contribution is 2.41. The predicted octanol–water partition coefficient (Wildman–Crippen LogP) is 5.25. The van der Waals surface area contributed by atoms with Gasteiger partial charge in [-0.25, -0.2) is 9.78 Å². The van der Waals surface area contributed by atoms with E-state index < -0.39 is 11.7 Å². The molecule has 7 nitrogen and oxygen atoms in total. The first-order chi connectivity index (χ1) is 14.6. The summed E-state index contributed by atoms with van der Waals surface area (Å²) in [6, 6.07) is 9.54. The summed E-state index contributed by atoms with van der Waals surface area (Å²) in [6.07, 6.45) is 3.66. The Morgan fingerprint density at radius 3 is 2.65 bits per heavy atom. The maximum Gasteiger partial charge on any atom is 0.416 e. The lowest BCUT2D eigenvalue weighted by atomic mass is 10.1. The first kappa shape index (κ1) is 21.2. The first-order valence-electron chi connectivity index (χ1n) is 10.9. The monoisotopic (exact) mass is 421 g/mol. The van der Waals surface area contributed by atoms with Crippen LogP contribution in [0.4, 0.5) is 16.3 Å². The molecule has 0 spiro atoms. The Labute approximate surface area is 183 Å². The van der Waals surface area contributed by atoms with Gasteiger partial charge in [0.25, 0.3) is 0 Å². The van der Waals surface area contributed by atoms with Crippen LogP contribution in [0.2, 0.25) is 0 Å². The van der Waals surface area contributed by atoms with Gasteiger partial charge in [0.15, 0.2) is 5.65 Å². The molecule has 0 aliphatic heterocycles. The fraction of sp³-hybridized carbons (Fsp3) is 0.458. The van der Waals surface area contributed by atoms with E-state index in [1.165, 1.54) is 0 Å². The third-order valence-corrected chi connectivity index (χ3v) is 5.30. The number of fused-ring (bicyclic) bond motifs is 1. The molecule has 164 valence electrons. The van der Waals surface area contributed by atoms with Crippen molar-refractivity contribution in [1.29, 1.82) is 0 Å². The summed E-state index contributed by atoms with van der Waals surface area (Å²) in [4.78, 5) is 19.9. The number of ether oxygens (including phenoxy) is 1. The molecule has 31 heavy (non-hydrogen) atoms. The molecule has 0 atom stereocenters. The molecule has 1 aromatic carbocycles. The van der Waals surface area contributed by atoms with Crippen molar-refractivity contribution in [2.45, 2.75) is 71.4 Å². The zero-order chi connectivity index (χ0) is 22.3. The lowest BCUT2D eigenvalue weighted by molar-refractivity contribution is 0.0575. The lowest BCUT2D eigenvalue weighted by Crippen LogP contribution is -2.37. The third-order valence-electron chi connectivity index (χ3n) is 5.30. The quantitative estimate of drug-likeness (QED) is 0.568. The van der Waals surface area contributed by atoms with Crippen LogP contribution in [0.15, 0.2) is 36.5 Å². The van der Waals surface area contributed by atoms with Gasteiger partial charge < -0.3 is 10.5 Å². The van der Waals surface area contributed by atoms with E-state index in [4.69, 9.17) is 15.5 Å². The van der Waals surface area contributed by atoms with Gasteiger partial charge in [0.05, 0.1) is 12.7 Å². The first-order valence-corrected chi connectivity index (χ1v) is 10.9. The van der Waals surface area contributed by atoms with E-state index in [9.17, 15) is 4.79 Å². The van der Waals surface area contributed by atoms with Crippen LogP contribution in [0.1, 0.15) is 76.1 Å². The number of anilines is 2. The van der Waals surface area contributed by atoms with Gasteiger partial charge in [-0.05, 0) is 57.2 Å². The number of hydrogen-bond acceptors (Lipinski definition) is 5. The van der Waals surface area contributed by atoms with Crippen LogP contribution in [0.3, 0.4) is 0 Å². The van der Waals surface area contributed by atoms with Crippen molar-refractivity contribution >= 4 is 23.2 Å². The molecule has 2 N–H and O–H groups in total. The standard InChI is InChI=1S/C24H31N5O2/c1-15(2)19-13-26-29-21(12-20(17-9-10-17)27-22(19)29)28(23(30)31-24(3,4)5)14-16-7-6-8-18(25)11-16/h6-8,11-13,15,17H,9-10,14,25H2,1-5H3. The summed E-state index contributed by atoms with van der Waals surface area (Å²) in [7, 11) is 0. The van der Waals surface area contributed by atoms with Gasteiger partial charge in [0, 0.05) is 28.9 Å². The predicted molar refractivity (Wildman–Crippen MR) is 122 cm³/mol. The van der Waals surface area contributed by atoms with Crippen molar-refractivity contribution in [2.24, 2.45) is 0 Å². The molecule has 2 heterocycles. The number of carbonyl (C=O) groups is 1. The largest absolute Gasteiger partial charge is 0.443 e. The van der Waals surface area contributed by atoms with Gasteiger partial charge in [0.1, 0.15) is 11.4 Å². The Balaban J connectivity index is 1.85. The fourth-order valence-electron chi connectivity index (χ4n) is 3.60. The Morgan fingerprint density at radius 2 is 2.03 bits per heavy atom. The zero-order valence-electron chi connectivity index (χ0n) is 18.9. The Bertz CT molecular complexity index is 1110. The average Bonchev–Trinajstić information content (AvgIpc) is 3.43.